The maximum atomic E-state index is 13.0. The Morgan fingerprint density at radius 2 is 1.78 bits per heavy atom. The summed E-state index contributed by atoms with van der Waals surface area (Å²) >= 11 is 0. The molecule has 37 heavy (non-hydrogen) atoms. The van der Waals surface area contributed by atoms with Gasteiger partial charge in [0.15, 0.2) is 0 Å². The highest BCUT2D eigenvalue weighted by Gasteiger charge is 2.43. The molecule has 0 radical (unpaired) electrons. The number of pyridine rings is 1. The Morgan fingerprint density at radius 3 is 2.46 bits per heavy atom. The molecule has 7 nitrogen and oxygen atoms in total. The number of hydrogen-bond donors (Lipinski definition) is 3. The summed E-state index contributed by atoms with van der Waals surface area (Å²) in [5.41, 5.74) is 9.24. The van der Waals surface area contributed by atoms with Gasteiger partial charge in [-0.3, -0.25) is 9.69 Å². The summed E-state index contributed by atoms with van der Waals surface area (Å²) < 4.78 is 5.58. The van der Waals surface area contributed by atoms with E-state index in [9.17, 15) is 9.90 Å². The first-order valence-electron chi connectivity index (χ1n) is 13.9. The van der Waals surface area contributed by atoms with Crippen LogP contribution in [0.4, 0.5) is 5.82 Å². The number of nitrogens with one attached hydrogen (secondary N) is 1. The standard InChI is InChI=1S/C30H42N4O3/c1-20-18-34(25-10-14-37-15-11-25)19-30(20,3)23-6-4-21(5-7-23)22-16-26(27(31)32-17-22)28(35)33-24-8-12-29(2,36)13-9-24/h4-7,16-17,20,24-25,36H,8-15,18-19H2,1-3H3,(H2,31,32)(H,33,35)/t20-,24-,29-,30-/m1/s1. The van der Waals surface area contributed by atoms with Crippen LogP contribution in [-0.2, 0) is 10.2 Å². The number of benzene rings is 1. The number of carbonyl (C=O) groups is 1. The zero-order valence-electron chi connectivity index (χ0n) is 22.5. The number of amides is 1. The lowest BCUT2D eigenvalue weighted by Gasteiger charge is -2.33. The molecule has 1 aliphatic carbocycles. The highest BCUT2D eigenvalue weighted by atomic mass is 16.5. The number of nitrogen functional groups attached to an aromatic ring is 1. The maximum Gasteiger partial charge on any atom is 0.255 e. The summed E-state index contributed by atoms with van der Waals surface area (Å²) in [6, 6.07) is 11.3. The van der Waals surface area contributed by atoms with Gasteiger partial charge >= 0.3 is 0 Å². The average Bonchev–Trinajstić information content (AvgIpc) is 3.21. The van der Waals surface area contributed by atoms with Gasteiger partial charge in [-0.1, -0.05) is 38.1 Å². The molecular formula is C30H42N4O3. The van der Waals surface area contributed by atoms with Gasteiger partial charge < -0.3 is 20.9 Å². The normalized spacial score (nSPS) is 31.4. The Labute approximate surface area is 220 Å². The lowest BCUT2D eigenvalue weighted by atomic mass is 9.75. The van der Waals surface area contributed by atoms with E-state index in [-0.39, 0.29) is 23.2 Å². The third-order valence-corrected chi connectivity index (χ3v) is 9.27. The molecule has 200 valence electrons. The minimum absolute atomic E-state index is 0.0462. The molecule has 0 spiro atoms. The van der Waals surface area contributed by atoms with Crippen LogP contribution in [0.3, 0.4) is 0 Å². The first kappa shape index (κ1) is 26.1. The highest BCUT2D eigenvalue weighted by molar-refractivity contribution is 5.99. The number of likely N-dealkylation sites (tertiary alicyclic amines) is 1. The fourth-order valence-corrected chi connectivity index (χ4v) is 6.41. The molecule has 2 saturated heterocycles. The summed E-state index contributed by atoms with van der Waals surface area (Å²) in [7, 11) is 0. The quantitative estimate of drug-likeness (QED) is 0.564. The largest absolute Gasteiger partial charge is 0.390 e. The van der Waals surface area contributed by atoms with Gasteiger partial charge in [-0.25, -0.2) is 4.98 Å². The molecule has 3 heterocycles. The second-order valence-corrected chi connectivity index (χ2v) is 12.1. The molecule has 2 atom stereocenters. The van der Waals surface area contributed by atoms with Gasteiger partial charge in [0.25, 0.3) is 5.91 Å². The Kier molecular flexibility index (Phi) is 7.31. The van der Waals surface area contributed by atoms with Crippen molar-refractivity contribution in [3.8, 4) is 11.1 Å². The molecule has 5 rings (SSSR count). The predicted molar refractivity (Wildman–Crippen MR) is 146 cm³/mol. The van der Waals surface area contributed by atoms with E-state index in [1.54, 1.807) is 6.20 Å². The fourth-order valence-electron chi connectivity index (χ4n) is 6.41. The number of aromatic nitrogens is 1. The molecule has 1 saturated carbocycles. The van der Waals surface area contributed by atoms with E-state index in [0.717, 1.165) is 63.1 Å². The topological polar surface area (TPSA) is 101 Å². The van der Waals surface area contributed by atoms with Crippen LogP contribution in [0.1, 0.15) is 75.2 Å². The van der Waals surface area contributed by atoms with Crippen molar-refractivity contribution in [1.82, 2.24) is 15.2 Å². The van der Waals surface area contributed by atoms with Crippen molar-refractivity contribution in [3.63, 3.8) is 0 Å². The van der Waals surface area contributed by atoms with E-state index >= 15 is 0 Å². The van der Waals surface area contributed by atoms with Crippen LogP contribution < -0.4 is 11.1 Å². The fraction of sp³-hybridized carbons (Fsp3) is 0.600. The smallest absolute Gasteiger partial charge is 0.255 e. The van der Waals surface area contributed by atoms with E-state index in [1.807, 2.05) is 13.0 Å². The molecule has 0 unspecified atom stereocenters. The van der Waals surface area contributed by atoms with Gasteiger partial charge in [0.05, 0.1) is 11.2 Å². The van der Waals surface area contributed by atoms with Crippen molar-refractivity contribution in [2.75, 3.05) is 32.0 Å². The molecular weight excluding hydrogens is 464 g/mol. The Hall–Kier alpha value is -2.48. The van der Waals surface area contributed by atoms with Crippen LogP contribution in [0.5, 0.6) is 0 Å². The number of carbonyl (C=O) groups excluding carboxylic acids is 1. The number of anilines is 1. The van der Waals surface area contributed by atoms with Gasteiger partial charge in [0.2, 0.25) is 0 Å². The van der Waals surface area contributed by atoms with Gasteiger partial charge in [0.1, 0.15) is 5.82 Å². The van der Waals surface area contributed by atoms with Crippen LogP contribution in [0.15, 0.2) is 36.5 Å². The number of rotatable bonds is 5. The number of aliphatic hydroxyl groups is 1. The highest BCUT2D eigenvalue weighted by Crippen LogP contribution is 2.41. The van der Waals surface area contributed by atoms with Gasteiger partial charge in [-0.05, 0) is 68.6 Å². The van der Waals surface area contributed by atoms with Crippen molar-refractivity contribution in [1.29, 1.82) is 0 Å². The minimum Gasteiger partial charge on any atom is -0.390 e. The van der Waals surface area contributed by atoms with E-state index in [1.165, 1.54) is 5.56 Å². The van der Waals surface area contributed by atoms with Crippen molar-refractivity contribution >= 4 is 11.7 Å². The van der Waals surface area contributed by atoms with Crippen molar-refractivity contribution < 1.29 is 14.6 Å². The molecule has 3 fully saturated rings. The molecule has 2 aromatic rings. The maximum absolute atomic E-state index is 13.0. The molecule has 1 aromatic heterocycles. The van der Waals surface area contributed by atoms with Crippen LogP contribution in [-0.4, -0.2) is 64.9 Å². The first-order chi connectivity index (χ1) is 17.6. The minimum atomic E-state index is -0.635. The second kappa shape index (κ2) is 10.4. The zero-order valence-corrected chi connectivity index (χ0v) is 22.5. The van der Waals surface area contributed by atoms with Crippen molar-refractivity contribution in [2.24, 2.45) is 5.92 Å². The summed E-state index contributed by atoms with van der Waals surface area (Å²) in [6.45, 7) is 10.6. The van der Waals surface area contributed by atoms with Gasteiger partial charge in [-0.15, -0.1) is 0 Å². The predicted octanol–water partition coefficient (Wildman–Crippen LogP) is 4.14. The Balaban J connectivity index is 1.29. The lowest BCUT2D eigenvalue weighted by molar-refractivity contribution is 0.0140. The monoisotopic (exact) mass is 506 g/mol. The third-order valence-electron chi connectivity index (χ3n) is 9.27. The van der Waals surface area contributed by atoms with Gasteiger partial charge in [-0.2, -0.15) is 0 Å². The zero-order chi connectivity index (χ0) is 26.2. The lowest BCUT2D eigenvalue weighted by Crippen LogP contribution is -2.42. The van der Waals surface area contributed by atoms with E-state index < -0.39 is 5.60 Å². The van der Waals surface area contributed by atoms with E-state index in [2.05, 4.69) is 53.3 Å². The number of nitrogens with zero attached hydrogens (tertiary/aromatic N) is 2. The second-order valence-electron chi connectivity index (χ2n) is 12.1. The number of ether oxygens (including phenoxy) is 1. The molecule has 7 heteroatoms. The Bertz CT molecular complexity index is 1100. The van der Waals surface area contributed by atoms with Gasteiger partial charge in [0, 0.05) is 55.6 Å². The molecule has 0 bridgehead atoms. The summed E-state index contributed by atoms with van der Waals surface area (Å²) in [6.07, 6.45) is 6.88. The summed E-state index contributed by atoms with van der Waals surface area (Å²) in [4.78, 5) is 20.0. The Morgan fingerprint density at radius 1 is 1.11 bits per heavy atom. The molecule has 3 aliphatic rings. The van der Waals surface area contributed by atoms with Crippen LogP contribution >= 0.6 is 0 Å². The first-order valence-corrected chi connectivity index (χ1v) is 13.9. The van der Waals surface area contributed by atoms with Crippen LogP contribution in [0.2, 0.25) is 0 Å². The number of hydrogen-bond acceptors (Lipinski definition) is 6. The summed E-state index contributed by atoms with van der Waals surface area (Å²) in [5, 5.41) is 13.3. The average molecular weight is 507 g/mol. The van der Waals surface area contributed by atoms with Crippen LogP contribution in [0.25, 0.3) is 11.1 Å². The van der Waals surface area contributed by atoms with E-state index in [0.29, 0.717) is 30.4 Å². The van der Waals surface area contributed by atoms with E-state index in [4.69, 9.17) is 10.5 Å². The SMILES string of the molecule is C[C@@H]1CN(C2CCOCC2)C[C@@]1(C)c1ccc(-c2cnc(N)c(C(=O)N[C@H]3CC[C@](C)(O)CC3)c2)cc1. The van der Waals surface area contributed by atoms with Crippen molar-refractivity contribution in [2.45, 2.75) is 82.4 Å². The van der Waals surface area contributed by atoms with Crippen LogP contribution in [0, 0.1) is 5.92 Å². The molecule has 2 aliphatic heterocycles. The molecule has 4 N–H and O–H groups in total. The summed E-state index contributed by atoms with van der Waals surface area (Å²) in [5.74, 6) is 0.606. The number of nitrogens with two attached hydrogens (primary N) is 1. The molecule has 1 aromatic carbocycles. The molecule has 1 amide bonds. The van der Waals surface area contributed by atoms with Crippen molar-refractivity contribution in [3.05, 3.63) is 47.7 Å². The third kappa shape index (κ3) is 5.54.